The first-order valence-electron chi connectivity index (χ1n) is 8.92. The van der Waals surface area contributed by atoms with Gasteiger partial charge in [-0.1, -0.05) is 0 Å². The highest BCUT2D eigenvalue weighted by Gasteiger charge is 2.56. The highest BCUT2D eigenvalue weighted by atomic mass is 16.5. The van der Waals surface area contributed by atoms with Gasteiger partial charge < -0.3 is 14.7 Å². The van der Waals surface area contributed by atoms with Crippen molar-refractivity contribution in [3.05, 3.63) is 18.0 Å². The van der Waals surface area contributed by atoms with Gasteiger partial charge in [-0.15, -0.1) is 0 Å². The Bertz CT molecular complexity index is 595. The lowest BCUT2D eigenvalue weighted by Crippen LogP contribution is -2.62. The molecule has 1 aromatic heterocycles. The number of piperidine rings is 1. The standard InChI is InChI=1S/C18H29N3O3/c1-5-24-15-10-14(22)18(15)6-8-20(9-7-18)16(23)13-11-19-21(12-13)17(2,3)4/h11-12,14-15,22H,5-10H2,1-4H3/t14-,15-/m0/s1. The molecule has 1 aromatic rings. The summed E-state index contributed by atoms with van der Waals surface area (Å²) >= 11 is 0. The fourth-order valence-electron chi connectivity index (χ4n) is 3.93. The molecule has 1 aliphatic heterocycles. The Morgan fingerprint density at radius 3 is 2.58 bits per heavy atom. The van der Waals surface area contributed by atoms with Crippen LogP contribution < -0.4 is 0 Å². The van der Waals surface area contributed by atoms with Crippen LogP contribution in [0.5, 0.6) is 0 Å². The third kappa shape index (κ3) is 2.86. The van der Waals surface area contributed by atoms with Gasteiger partial charge in [0.1, 0.15) is 0 Å². The molecule has 1 saturated carbocycles. The second-order valence-corrected chi connectivity index (χ2v) is 8.07. The molecule has 1 spiro atoms. The first kappa shape index (κ1) is 17.4. The van der Waals surface area contributed by atoms with Gasteiger partial charge in [-0.3, -0.25) is 9.48 Å². The highest BCUT2D eigenvalue weighted by Crippen LogP contribution is 2.51. The van der Waals surface area contributed by atoms with Crippen molar-refractivity contribution in [3.8, 4) is 0 Å². The number of likely N-dealkylation sites (tertiary alicyclic amines) is 1. The van der Waals surface area contributed by atoms with Crippen molar-refractivity contribution >= 4 is 5.91 Å². The Balaban J connectivity index is 1.64. The summed E-state index contributed by atoms with van der Waals surface area (Å²) in [4.78, 5) is 14.6. The van der Waals surface area contributed by atoms with Gasteiger partial charge in [0.2, 0.25) is 0 Å². The van der Waals surface area contributed by atoms with Crippen LogP contribution in [0.1, 0.15) is 57.3 Å². The lowest BCUT2D eigenvalue weighted by atomic mass is 9.58. The van der Waals surface area contributed by atoms with E-state index in [-0.39, 0.29) is 29.1 Å². The maximum absolute atomic E-state index is 12.7. The quantitative estimate of drug-likeness (QED) is 0.918. The van der Waals surface area contributed by atoms with Gasteiger partial charge in [-0.05, 0) is 40.5 Å². The second-order valence-electron chi connectivity index (χ2n) is 8.07. The van der Waals surface area contributed by atoms with Crippen LogP contribution in [0.4, 0.5) is 0 Å². The van der Waals surface area contributed by atoms with Crippen LogP contribution >= 0.6 is 0 Å². The number of carbonyl (C=O) groups is 1. The minimum atomic E-state index is -0.296. The smallest absolute Gasteiger partial charge is 0.257 e. The lowest BCUT2D eigenvalue weighted by molar-refractivity contribution is -0.207. The largest absolute Gasteiger partial charge is 0.392 e. The SMILES string of the molecule is CCO[C@H]1C[C@H](O)C12CCN(C(=O)c1cnn(C(C)(C)C)c1)CC2. The van der Waals surface area contributed by atoms with Crippen LogP contribution in [0.2, 0.25) is 0 Å². The predicted octanol–water partition coefficient (Wildman–Crippen LogP) is 2.03. The van der Waals surface area contributed by atoms with Crippen molar-refractivity contribution in [3.63, 3.8) is 0 Å². The second kappa shape index (κ2) is 6.15. The van der Waals surface area contributed by atoms with Crippen molar-refractivity contribution in [2.75, 3.05) is 19.7 Å². The third-order valence-electron chi connectivity index (χ3n) is 5.61. The summed E-state index contributed by atoms with van der Waals surface area (Å²) in [7, 11) is 0. The lowest BCUT2D eigenvalue weighted by Gasteiger charge is -2.56. The molecular weight excluding hydrogens is 306 g/mol. The molecule has 0 bridgehead atoms. The fraction of sp³-hybridized carbons (Fsp3) is 0.778. The van der Waals surface area contributed by atoms with Crippen molar-refractivity contribution < 1.29 is 14.6 Å². The van der Waals surface area contributed by atoms with Crippen LogP contribution in [0, 0.1) is 5.41 Å². The number of hydrogen-bond acceptors (Lipinski definition) is 4. The van der Waals surface area contributed by atoms with Crippen molar-refractivity contribution in [2.45, 2.75) is 64.7 Å². The van der Waals surface area contributed by atoms with Crippen molar-refractivity contribution in [1.29, 1.82) is 0 Å². The first-order valence-corrected chi connectivity index (χ1v) is 8.92. The van der Waals surface area contributed by atoms with E-state index in [1.54, 1.807) is 6.20 Å². The number of aliphatic hydroxyl groups excluding tert-OH is 1. The van der Waals surface area contributed by atoms with Crippen molar-refractivity contribution in [1.82, 2.24) is 14.7 Å². The Morgan fingerprint density at radius 1 is 1.42 bits per heavy atom. The summed E-state index contributed by atoms with van der Waals surface area (Å²) in [6.07, 6.45) is 5.65. The molecule has 1 N–H and O–H groups in total. The van der Waals surface area contributed by atoms with Crippen LogP contribution in [0.25, 0.3) is 0 Å². The molecule has 0 radical (unpaired) electrons. The average Bonchev–Trinajstić information content (AvgIpc) is 3.04. The Morgan fingerprint density at radius 2 is 2.08 bits per heavy atom. The zero-order valence-corrected chi connectivity index (χ0v) is 15.2. The Kier molecular flexibility index (Phi) is 4.47. The van der Waals surface area contributed by atoms with E-state index in [1.165, 1.54) is 0 Å². The fourth-order valence-corrected chi connectivity index (χ4v) is 3.93. The molecule has 0 unspecified atom stereocenters. The summed E-state index contributed by atoms with van der Waals surface area (Å²) in [5.74, 6) is 0.0297. The Hall–Kier alpha value is -1.40. The van der Waals surface area contributed by atoms with Crippen LogP contribution in [0.3, 0.4) is 0 Å². The average molecular weight is 335 g/mol. The molecule has 1 amide bonds. The summed E-state index contributed by atoms with van der Waals surface area (Å²) in [5.41, 5.74) is 0.351. The molecule has 3 rings (SSSR count). The minimum Gasteiger partial charge on any atom is -0.392 e. The topological polar surface area (TPSA) is 67.6 Å². The van der Waals surface area contributed by atoms with E-state index in [1.807, 2.05) is 22.7 Å². The molecule has 2 heterocycles. The summed E-state index contributed by atoms with van der Waals surface area (Å²) in [5, 5.41) is 14.6. The molecular formula is C18H29N3O3. The number of nitrogens with zero attached hydrogens (tertiary/aromatic N) is 3. The van der Waals surface area contributed by atoms with E-state index in [0.717, 1.165) is 19.3 Å². The van der Waals surface area contributed by atoms with E-state index in [2.05, 4.69) is 25.9 Å². The van der Waals surface area contributed by atoms with Crippen LogP contribution in [-0.4, -0.2) is 57.6 Å². The summed E-state index contributed by atoms with van der Waals surface area (Å²) < 4.78 is 7.61. The van der Waals surface area contributed by atoms with Crippen molar-refractivity contribution in [2.24, 2.45) is 5.41 Å². The minimum absolute atomic E-state index is 0.0297. The van der Waals surface area contributed by atoms with E-state index in [9.17, 15) is 9.90 Å². The number of aliphatic hydroxyl groups is 1. The Labute approximate surface area is 143 Å². The van der Waals surface area contributed by atoms with Gasteiger partial charge in [-0.2, -0.15) is 5.10 Å². The monoisotopic (exact) mass is 335 g/mol. The number of ether oxygens (including phenoxy) is 1. The highest BCUT2D eigenvalue weighted by molar-refractivity contribution is 5.93. The number of rotatable bonds is 3. The normalized spacial score (nSPS) is 26.5. The number of hydrogen-bond donors (Lipinski definition) is 1. The van der Waals surface area contributed by atoms with Gasteiger partial charge in [0.15, 0.2) is 0 Å². The van der Waals surface area contributed by atoms with E-state index < -0.39 is 0 Å². The molecule has 2 aliphatic rings. The van der Waals surface area contributed by atoms with Gasteiger partial charge in [0, 0.05) is 37.7 Å². The van der Waals surface area contributed by atoms with Crippen LogP contribution in [-0.2, 0) is 10.3 Å². The zero-order valence-electron chi connectivity index (χ0n) is 15.2. The van der Waals surface area contributed by atoms with E-state index in [4.69, 9.17) is 4.74 Å². The van der Waals surface area contributed by atoms with Crippen LogP contribution in [0.15, 0.2) is 12.4 Å². The van der Waals surface area contributed by atoms with E-state index >= 15 is 0 Å². The molecule has 134 valence electrons. The first-order chi connectivity index (χ1) is 11.3. The molecule has 1 aliphatic carbocycles. The summed E-state index contributed by atoms with van der Waals surface area (Å²) in [6.45, 7) is 10.2. The zero-order chi connectivity index (χ0) is 17.5. The molecule has 0 aromatic carbocycles. The number of carbonyl (C=O) groups excluding carboxylic acids is 1. The molecule has 1 saturated heterocycles. The molecule has 2 fully saturated rings. The maximum Gasteiger partial charge on any atom is 0.257 e. The molecule has 6 nitrogen and oxygen atoms in total. The predicted molar refractivity (Wildman–Crippen MR) is 90.8 cm³/mol. The third-order valence-corrected chi connectivity index (χ3v) is 5.61. The number of aromatic nitrogens is 2. The van der Waals surface area contributed by atoms with Gasteiger partial charge in [-0.25, -0.2) is 0 Å². The maximum atomic E-state index is 12.7. The van der Waals surface area contributed by atoms with Gasteiger partial charge >= 0.3 is 0 Å². The van der Waals surface area contributed by atoms with Gasteiger partial charge in [0.05, 0.1) is 29.5 Å². The molecule has 2 atom stereocenters. The molecule has 24 heavy (non-hydrogen) atoms. The van der Waals surface area contributed by atoms with Gasteiger partial charge in [0.25, 0.3) is 5.91 Å². The summed E-state index contributed by atoms with van der Waals surface area (Å²) in [6, 6.07) is 0. The molecule has 6 heteroatoms. The van der Waals surface area contributed by atoms with E-state index in [0.29, 0.717) is 25.3 Å². The number of amides is 1.